The molecule has 2 heteroatoms. The monoisotopic (exact) mass is 247 g/mol. The zero-order valence-corrected chi connectivity index (χ0v) is 11.6. The second-order valence-electron chi connectivity index (χ2n) is 5.32. The van der Waals surface area contributed by atoms with E-state index in [0.29, 0.717) is 12.0 Å². The normalized spacial score (nSPS) is 21.8. The summed E-state index contributed by atoms with van der Waals surface area (Å²) in [5.41, 5.74) is 2.76. The molecular formula is C16H25NO. The average molecular weight is 247 g/mol. The largest absolute Gasteiger partial charge is 0.381 e. The minimum absolute atomic E-state index is 0.449. The molecule has 1 aliphatic rings. The van der Waals surface area contributed by atoms with E-state index in [1.807, 2.05) is 0 Å². The summed E-state index contributed by atoms with van der Waals surface area (Å²) in [6.07, 6.45) is 3.64. The highest BCUT2D eigenvalue weighted by Gasteiger charge is 2.25. The van der Waals surface area contributed by atoms with Gasteiger partial charge in [-0.25, -0.2) is 0 Å². The van der Waals surface area contributed by atoms with Crippen molar-refractivity contribution in [2.75, 3.05) is 19.8 Å². The summed E-state index contributed by atoms with van der Waals surface area (Å²) in [7, 11) is 0. The molecule has 0 amide bonds. The lowest BCUT2D eigenvalue weighted by Crippen LogP contribution is -2.33. The van der Waals surface area contributed by atoms with Gasteiger partial charge in [0.25, 0.3) is 0 Å². The lowest BCUT2D eigenvalue weighted by Gasteiger charge is -2.31. The van der Waals surface area contributed by atoms with Crippen molar-refractivity contribution in [3.8, 4) is 0 Å². The molecule has 0 radical (unpaired) electrons. The second-order valence-corrected chi connectivity index (χ2v) is 5.32. The minimum Gasteiger partial charge on any atom is -0.381 e. The first-order chi connectivity index (χ1) is 8.81. The summed E-state index contributed by atoms with van der Waals surface area (Å²) in [6.45, 7) is 7.30. The van der Waals surface area contributed by atoms with Crippen molar-refractivity contribution in [3.05, 3.63) is 35.4 Å². The van der Waals surface area contributed by atoms with E-state index in [2.05, 4.69) is 43.4 Å². The van der Waals surface area contributed by atoms with E-state index in [4.69, 9.17) is 4.74 Å². The number of rotatable bonds is 5. The molecule has 2 rings (SSSR count). The van der Waals surface area contributed by atoms with Gasteiger partial charge in [0, 0.05) is 18.6 Å². The predicted molar refractivity (Wildman–Crippen MR) is 75.8 cm³/mol. The zero-order valence-electron chi connectivity index (χ0n) is 11.6. The molecule has 1 aliphatic heterocycles. The summed E-state index contributed by atoms with van der Waals surface area (Å²) in [4.78, 5) is 0. The van der Waals surface area contributed by atoms with E-state index in [0.717, 1.165) is 19.8 Å². The summed E-state index contributed by atoms with van der Waals surface area (Å²) in [5, 5.41) is 3.70. The van der Waals surface area contributed by atoms with Gasteiger partial charge in [-0.2, -0.15) is 0 Å². The lowest BCUT2D eigenvalue weighted by molar-refractivity contribution is 0.0390. The van der Waals surface area contributed by atoms with Gasteiger partial charge < -0.3 is 10.1 Å². The van der Waals surface area contributed by atoms with Crippen LogP contribution in [0.15, 0.2) is 24.3 Å². The Bertz CT molecular complexity index is 358. The highest BCUT2D eigenvalue weighted by atomic mass is 16.5. The molecule has 0 bridgehead atoms. The Morgan fingerprint density at radius 1 is 1.44 bits per heavy atom. The van der Waals surface area contributed by atoms with E-state index >= 15 is 0 Å². The number of hydrogen-bond donors (Lipinski definition) is 1. The van der Waals surface area contributed by atoms with Gasteiger partial charge in [0.2, 0.25) is 0 Å². The van der Waals surface area contributed by atoms with Crippen LogP contribution in [0, 0.1) is 12.8 Å². The maximum Gasteiger partial charge on any atom is 0.0512 e. The molecule has 1 fully saturated rings. The van der Waals surface area contributed by atoms with E-state index in [1.165, 1.54) is 30.4 Å². The summed E-state index contributed by atoms with van der Waals surface area (Å²) in [5.74, 6) is 0.618. The van der Waals surface area contributed by atoms with Crippen molar-refractivity contribution in [1.29, 1.82) is 0 Å². The van der Waals surface area contributed by atoms with Crippen molar-refractivity contribution in [3.63, 3.8) is 0 Å². The second kappa shape index (κ2) is 6.91. The van der Waals surface area contributed by atoms with Crippen molar-refractivity contribution >= 4 is 0 Å². The molecule has 1 saturated heterocycles. The third kappa shape index (κ3) is 3.56. The Labute approximate surface area is 111 Å². The van der Waals surface area contributed by atoms with Gasteiger partial charge in [0.1, 0.15) is 0 Å². The third-order valence-corrected chi connectivity index (χ3v) is 3.68. The van der Waals surface area contributed by atoms with Gasteiger partial charge in [0.05, 0.1) is 6.61 Å². The first-order valence-corrected chi connectivity index (χ1v) is 7.19. The fraction of sp³-hybridized carbons (Fsp3) is 0.625. The molecule has 2 unspecified atom stereocenters. The number of nitrogens with one attached hydrogen (secondary N) is 1. The standard InChI is InChI=1S/C16H25NO/c1-3-9-17-16(15-8-5-10-18-12-15)14-7-4-6-13(2)11-14/h4,6-7,11,15-17H,3,5,8-10,12H2,1-2H3. The number of ether oxygens (including phenoxy) is 1. The minimum atomic E-state index is 0.449. The van der Waals surface area contributed by atoms with Gasteiger partial charge in [0.15, 0.2) is 0 Å². The fourth-order valence-electron chi connectivity index (χ4n) is 2.75. The first kappa shape index (κ1) is 13.6. The summed E-state index contributed by atoms with van der Waals surface area (Å²) < 4.78 is 5.65. The molecule has 2 nitrogen and oxygen atoms in total. The Balaban J connectivity index is 2.12. The van der Waals surface area contributed by atoms with E-state index in [-0.39, 0.29) is 0 Å². The highest BCUT2D eigenvalue weighted by molar-refractivity contribution is 5.25. The van der Waals surface area contributed by atoms with Crippen LogP contribution in [0.1, 0.15) is 43.4 Å². The first-order valence-electron chi connectivity index (χ1n) is 7.19. The average Bonchev–Trinajstić information content (AvgIpc) is 2.40. The van der Waals surface area contributed by atoms with Crippen molar-refractivity contribution in [2.24, 2.45) is 5.92 Å². The maximum absolute atomic E-state index is 5.65. The Kier molecular flexibility index (Phi) is 5.21. The molecule has 100 valence electrons. The van der Waals surface area contributed by atoms with Crippen LogP contribution in [0.3, 0.4) is 0 Å². The molecule has 2 atom stereocenters. The molecule has 1 heterocycles. The molecule has 0 saturated carbocycles. The number of hydrogen-bond acceptors (Lipinski definition) is 2. The van der Waals surface area contributed by atoms with Crippen molar-refractivity contribution in [1.82, 2.24) is 5.32 Å². The van der Waals surface area contributed by atoms with Crippen LogP contribution < -0.4 is 5.32 Å². The van der Waals surface area contributed by atoms with Gasteiger partial charge in [-0.05, 0) is 38.3 Å². The van der Waals surface area contributed by atoms with Crippen LogP contribution in [-0.4, -0.2) is 19.8 Å². The molecule has 0 spiro atoms. The molecule has 18 heavy (non-hydrogen) atoms. The molecule has 0 aromatic heterocycles. The number of aryl methyl sites for hydroxylation is 1. The summed E-state index contributed by atoms with van der Waals surface area (Å²) >= 11 is 0. The molecular weight excluding hydrogens is 222 g/mol. The lowest BCUT2D eigenvalue weighted by atomic mass is 9.88. The maximum atomic E-state index is 5.65. The van der Waals surface area contributed by atoms with Gasteiger partial charge >= 0.3 is 0 Å². The zero-order chi connectivity index (χ0) is 12.8. The smallest absolute Gasteiger partial charge is 0.0512 e. The van der Waals surface area contributed by atoms with E-state index in [1.54, 1.807) is 0 Å². The molecule has 0 aliphatic carbocycles. The van der Waals surface area contributed by atoms with Crippen LogP contribution in [0.5, 0.6) is 0 Å². The summed E-state index contributed by atoms with van der Waals surface area (Å²) in [6, 6.07) is 9.33. The van der Waals surface area contributed by atoms with E-state index < -0.39 is 0 Å². The van der Waals surface area contributed by atoms with Gasteiger partial charge in [-0.1, -0.05) is 36.8 Å². The fourth-order valence-corrected chi connectivity index (χ4v) is 2.75. The van der Waals surface area contributed by atoms with Crippen LogP contribution in [0.4, 0.5) is 0 Å². The molecule has 1 aromatic carbocycles. The Hall–Kier alpha value is -0.860. The third-order valence-electron chi connectivity index (χ3n) is 3.68. The highest BCUT2D eigenvalue weighted by Crippen LogP contribution is 2.29. The topological polar surface area (TPSA) is 21.3 Å². The quantitative estimate of drug-likeness (QED) is 0.860. The van der Waals surface area contributed by atoms with Gasteiger partial charge in [-0.3, -0.25) is 0 Å². The predicted octanol–water partition coefficient (Wildman–Crippen LogP) is 3.46. The van der Waals surface area contributed by atoms with Gasteiger partial charge in [-0.15, -0.1) is 0 Å². The van der Waals surface area contributed by atoms with Crippen molar-refractivity contribution < 1.29 is 4.74 Å². The number of benzene rings is 1. The van der Waals surface area contributed by atoms with Crippen molar-refractivity contribution in [2.45, 2.75) is 39.2 Å². The van der Waals surface area contributed by atoms with Crippen LogP contribution in [-0.2, 0) is 4.74 Å². The SMILES string of the molecule is CCCNC(c1cccc(C)c1)C1CCCOC1. The van der Waals surface area contributed by atoms with Crippen LogP contribution in [0.25, 0.3) is 0 Å². The van der Waals surface area contributed by atoms with E-state index in [9.17, 15) is 0 Å². The van der Waals surface area contributed by atoms with Crippen LogP contribution in [0.2, 0.25) is 0 Å². The Morgan fingerprint density at radius 3 is 3.00 bits per heavy atom. The Morgan fingerprint density at radius 2 is 2.33 bits per heavy atom. The molecule has 1 aromatic rings. The van der Waals surface area contributed by atoms with Crippen LogP contribution >= 0.6 is 0 Å². The molecule has 1 N–H and O–H groups in total.